The van der Waals surface area contributed by atoms with E-state index in [1.54, 1.807) is 7.11 Å². The third kappa shape index (κ3) is 7.20. The summed E-state index contributed by atoms with van der Waals surface area (Å²) in [6.45, 7) is 3.45. The van der Waals surface area contributed by atoms with Gasteiger partial charge in [-0.1, -0.05) is 48.0 Å². The number of hydrogen-bond acceptors (Lipinski definition) is 4. The standard InChI is InChI=1S/C23H28N2O3.ClH/c1-27-22-8-6-21(7-9-22)20-4-2-18(3-5-20)16-19-10-12-25(13-11-19)14-15-28-17-23(24)26;/h2-9,16H,10-15,17H2,1H3,(H2,24,26);1H. The van der Waals surface area contributed by atoms with Crippen molar-refractivity contribution in [1.29, 1.82) is 0 Å². The van der Waals surface area contributed by atoms with E-state index in [4.69, 9.17) is 15.2 Å². The molecular formula is C23H29ClN2O3. The van der Waals surface area contributed by atoms with Crippen LogP contribution in [-0.4, -0.2) is 50.8 Å². The van der Waals surface area contributed by atoms with Crippen molar-refractivity contribution in [2.45, 2.75) is 12.8 Å². The Balaban J connectivity index is 0.00000300. The van der Waals surface area contributed by atoms with E-state index in [-0.39, 0.29) is 19.0 Å². The van der Waals surface area contributed by atoms with Crippen LogP contribution in [0.2, 0.25) is 0 Å². The number of carbonyl (C=O) groups is 1. The molecule has 0 bridgehead atoms. The van der Waals surface area contributed by atoms with Crippen LogP contribution < -0.4 is 10.5 Å². The number of likely N-dealkylation sites (tertiary alicyclic amines) is 1. The van der Waals surface area contributed by atoms with Crippen molar-refractivity contribution in [3.63, 3.8) is 0 Å². The Bertz CT molecular complexity index is 794. The van der Waals surface area contributed by atoms with E-state index in [1.165, 1.54) is 22.3 Å². The van der Waals surface area contributed by atoms with Gasteiger partial charge in [0.25, 0.3) is 0 Å². The molecule has 1 aliphatic rings. The normalized spacial score (nSPS) is 14.2. The number of nitrogens with zero attached hydrogens (tertiary/aromatic N) is 1. The van der Waals surface area contributed by atoms with E-state index in [9.17, 15) is 4.79 Å². The summed E-state index contributed by atoms with van der Waals surface area (Å²) in [6.07, 6.45) is 4.44. The van der Waals surface area contributed by atoms with Crippen molar-refractivity contribution in [3.8, 4) is 16.9 Å². The number of hydrogen-bond donors (Lipinski definition) is 1. The van der Waals surface area contributed by atoms with E-state index in [1.807, 2.05) is 12.1 Å². The molecule has 2 aromatic rings. The minimum atomic E-state index is -0.415. The lowest BCUT2D eigenvalue weighted by atomic mass is 9.99. The largest absolute Gasteiger partial charge is 0.497 e. The molecule has 3 rings (SSSR count). The van der Waals surface area contributed by atoms with Gasteiger partial charge in [0.15, 0.2) is 0 Å². The van der Waals surface area contributed by atoms with Gasteiger partial charge >= 0.3 is 0 Å². The minimum Gasteiger partial charge on any atom is -0.497 e. The number of halogens is 1. The van der Waals surface area contributed by atoms with E-state index in [0.29, 0.717) is 6.61 Å². The summed E-state index contributed by atoms with van der Waals surface area (Å²) in [5, 5.41) is 0. The van der Waals surface area contributed by atoms with Crippen LogP contribution in [-0.2, 0) is 9.53 Å². The predicted octanol–water partition coefficient (Wildman–Crippen LogP) is 3.77. The van der Waals surface area contributed by atoms with E-state index >= 15 is 0 Å². The Morgan fingerprint density at radius 2 is 1.62 bits per heavy atom. The molecule has 0 atom stereocenters. The highest BCUT2D eigenvalue weighted by molar-refractivity contribution is 5.85. The van der Waals surface area contributed by atoms with Gasteiger partial charge in [0.2, 0.25) is 5.91 Å². The number of nitrogens with two attached hydrogens (primary N) is 1. The highest BCUT2D eigenvalue weighted by Crippen LogP contribution is 2.24. The molecule has 156 valence electrons. The van der Waals surface area contributed by atoms with E-state index < -0.39 is 5.91 Å². The van der Waals surface area contributed by atoms with Crippen LogP contribution in [0, 0.1) is 0 Å². The van der Waals surface area contributed by atoms with Gasteiger partial charge in [0.05, 0.1) is 13.7 Å². The monoisotopic (exact) mass is 416 g/mol. The van der Waals surface area contributed by atoms with Crippen molar-refractivity contribution >= 4 is 24.4 Å². The molecule has 0 aliphatic carbocycles. The number of amides is 1. The number of piperidine rings is 1. The molecule has 6 heteroatoms. The molecule has 29 heavy (non-hydrogen) atoms. The summed E-state index contributed by atoms with van der Waals surface area (Å²) < 4.78 is 10.5. The molecule has 1 heterocycles. The number of ether oxygens (including phenoxy) is 2. The topological polar surface area (TPSA) is 64.8 Å². The number of rotatable bonds is 8. The van der Waals surface area contributed by atoms with E-state index in [2.05, 4.69) is 47.4 Å². The maximum absolute atomic E-state index is 10.7. The van der Waals surface area contributed by atoms with Gasteiger partial charge in [0.1, 0.15) is 12.4 Å². The summed E-state index contributed by atoms with van der Waals surface area (Å²) in [6, 6.07) is 16.8. The predicted molar refractivity (Wildman–Crippen MR) is 119 cm³/mol. The lowest BCUT2D eigenvalue weighted by Gasteiger charge is -2.28. The van der Waals surface area contributed by atoms with Crippen LogP contribution in [0.15, 0.2) is 54.1 Å². The highest BCUT2D eigenvalue weighted by Gasteiger charge is 2.13. The maximum Gasteiger partial charge on any atom is 0.243 e. The Kier molecular flexibility index (Phi) is 9.19. The lowest BCUT2D eigenvalue weighted by Crippen LogP contribution is -2.34. The summed E-state index contributed by atoms with van der Waals surface area (Å²) in [7, 11) is 1.68. The van der Waals surface area contributed by atoms with Crippen LogP contribution in [0.25, 0.3) is 17.2 Å². The van der Waals surface area contributed by atoms with Crippen LogP contribution in [0.5, 0.6) is 5.75 Å². The van der Waals surface area contributed by atoms with Crippen molar-refractivity contribution in [1.82, 2.24) is 4.90 Å². The van der Waals surface area contributed by atoms with Crippen LogP contribution in [0.1, 0.15) is 18.4 Å². The lowest BCUT2D eigenvalue weighted by molar-refractivity contribution is -0.122. The molecule has 1 saturated heterocycles. The fourth-order valence-corrected chi connectivity index (χ4v) is 3.37. The Hall–Kier alpha value is -2.34. The zero-order chi connectivity index (χ0) is 19.8. The second-order valence-electron chi connectivity index (χ2n) is 7.01. The first kappa shape index (κ1) is 22.9. The Labute approximate surface area is 178 Å². The molecule has 2 N–H and O–H groups in total. The van der Waals surface area contributed by atoms with Gasteiger partial charge in [-0.05, 0) is 41.7 Å². The molecule has 0 radical (unpaired) electrons. The smallest absolute Gasteiger partial charge is 0.243 e. The highest BCUT2D eigenvalue weighted by atomic mass is 35.5. The number of primary amides is 1. The fraction of sp³-hybridized carbons (Fsp3) is 0.348. The van der Waals surface area contributed by atoms with Crippen LogP contribution in [0.3, 0.4) is 0 Å². The molecular weight excluding hydrogens is 388 g/mol. The quantitative estimate of drug-likeness (QED) is 0.665. The minimum absolute atomic E-state index is 0. The zero-order valence-electron chi connectivity index (χ0n) is 16.8. The fourth-order valence-electron chi connectivity index (χ4n) is 3.37. The zero-order valence-corrected chi connectivity index (χ0v) is 17.6. The number of benzene rings is 2. The molecule has 1 aliphatic heterocycles. The summed E-state index contributed by atoms with van der Waals surface area (Å²) >= 11 is 0. The molecule has 5 nitrogen and oxygen atoms in total. The molecule has 1 fully saturated rings. The van der Waals surface area contributed by atoms with Crippen molar-refractivity contribution in [2.24, 2.45) is 5.73 Å². The number of carbonyl (C=O) groups excluding carboxylic acids is 1. The van der Waals surface area contributed by atoms with Crippen LogP contribution in [0.4, 0.5) is 0 Å². The SMILES string of the molecule is COc1ccc(-c2ccc(C=C3CCN(CCOCC(N)=O)CC3)cc2)cc1.Cl. The average Bonchev–Trinajstić information content (AvgIpc) is 2.73. The molecule has 0 spiro atoms. The molecule has 2 aromatic carbocycles. The maximum atomic E-state index is 10.7. The molecule has 0 unspecified atom stereocenters. The third-order valence-electron chi connectivity index (χ3n) is 5.00. The molecule has 1 amide bonds. The van der Waals surface area contributed by atoms with Gasteiger partial charge in [0, 0.05) is 19.6 Å². The first-order valence-electron chi connectivity index (χ1n) is 9.66. The third-order valence-corrected chi connectivity index (χ3v) is 5.00. The van der Waals surface area contributed by atoms with Crippen LogP contribution >= 0.6 is 12.4 Å². The van der Waals surface area contributed by atoms with Gasteiger partial charge in [-0.15, -0.1) is 12.4 Å². The first-order chi connectivity index (χ1) is 13.6. The van der Waals surface area contributed by atoms with Crippen molar-refractivity contribution in [2.75, 3.05) is 40.0 Å². The van der Waals surface area contributed by atoms with Gasteiger partial charge in [-0.25, -0.2) is 0 Å². The summed E-state index contributed by atoms with van der Waals surface area (Å²) in [4.78, 5) is 13.0. The van der Waals surface area contributed by atoms with Crippen molar-refractivity contribution < 1.29 is 14.3 Å². The first-order valence-corrected chi connectivity index (χ1v) is 9.66. The number of methoxy groups -OCH3 is 1. The van der Waals surface area contributed by atoms with Gasteiger partial charge in [-0.3, -0.25) is 4.79 Å². The summed E-state index contributed by atoms with van der Waals surface area (Å²) in [5.41, 5.74) is 10.2. The second kappa shape index (κ2) is 11.6. The van der Waals surface area contributed by atoms with Gasteiger partial charge < -0.3 is 20.1 Å². The Morgan fingerprint density at radius 1 is 1.03 bits per heavy atom. The molecule has 0 saturated carbocycles. The van der Waals surface area contributed by atoms with Gasteiger partial charge in [-0.2, -0.15) is 0 Å². The summed E-state index contributed by atoms with van der Waals surface area (Å²) in [5.74, 6) is 0.456. The van der Waals surface area contributed by atoms with E-state index in [0.717, 1.165) is 38.2 Å². The molecule has 0 aromatic heterocycles. The Morgan fingerprint density at radius 3 is 2.17 bits per heavy atom. The van der Waals surface area contributed by atoms with Crippen molar-refractivity contribution in [3.05, 3.63) is 59.7 Å². The average molecular weight is 417 g/mol. The second-order valence-corrected chi connectivity index (χ2v) is 7.01.